The number of hydrogen-bond acceptors (Lipinski definition) is 4. The highest BCUT2D eigenvalue weighted by Gasteiger charge is 2.15. The third-order valence-corrected chi connectivity index (χ3v) is 4.95. The summed E-state index contributed by atoms with van der Waals surface area (Å²) in [7, 11) is 0. The van der Waals surface area contributed by atoms with E-state index in [1.165, 1.54) is 12.8 Å². The van der Waals surface area contributed by atoms with Crippen LogP contribution in [0, 0.1) is 12.8 Å². The Labute approximate surface area is 135 Å². The zero-order chi connectivity index (χ0) is 15.4. The van der Waals surface area contributed by atoms with Crippen molar-refractivity contribution in [3.8, 4) is 10.6 Å². The van der Waals surface area contributed by atoms with E-state index in [4.69, 9.17) is 0 Å². The molecule has 3 rings (SSSR count). The number of thiazole rings is 1. The summed E-state index contributed by atoms with van der Waals surface area (Å²) >= 11 is 1.61. The standard InChI is InChI=1S/C17H21N3OS/c1-12-11-22-17(20-12)15-6-2-5-14(8-15)16(21)19-10-13-4-3-7-18-9-13/h2,5-6,8,11,13,18H,3-4,7,9-10H2,1H3,(H,19,21). The molecule has 1 amide bonds. The van der Waals surface area contributed by atoms with Gasteiger partial charge >= 0.3 is 0 Å². The summed E-state index contributed by atoms with van der Waals surface area (Å²) in [5.74, 6) is 0.545. The molecule has 2 N–H and O–H groups in total. The van der Waals surface area contributed by atoms with Gasteiger partial charge in [0.2, 0.25) is 0 Å². The molecule has 1 saturated heterocycles. The molecular weight excluding hydrogens is 294 g/mol. The van der Waals surface area contributed by atoms with Crippen LogP contribution >= 0.6 is 11.3 Å². The second-order valence-electron chi connectivity index (χ2n) is 5.80. The fourth-order valence-electron chi connectivity index (χ4n) is 2.72. The number of carbonyl (C=O) groups is 1. The normalized spacial score (nSPS) is 18.1. The van der Waals surface area contributed by atoms with Gasteiger partial charge in [-0.15, -0.1) is 11.3 Å². The van der Waals surface area contributed by atoms with Gasteiger partial charge in [0.25, 0.3) is 5.91 Å². The first-order valence-corrected chi connectivity index (χ1v) is 8.62. The lowest BCUT2D eigenvalue weighted by Crippen LogP contribution is -2.38. The van der Waals surface area contributed by atoms with Crippen LogP contribution in [0.5, 0.6) is 0 Å². The van der Waals surface area contributed by atoms with Gasteiger partial charge in [0.05, 0.1) is 0 Å². The molecule has 2 heterocycles. The molecule has 0 spiro atoms. The van der Waals surface area contributed by atoms with E-state index in [-0.39, 0.29) is 5.91 Å². The van der Waals surface area contributed by atoms with Crippen LogP contribution in [0.3, 0.4) is 0 Å². The Balaban J connectivity index is 1.65. The maximum atomic E-state index is 12.3. The third kappa shape index (κ3) is 3.72. The van der Waals surface area contributed by atoms with Crippen molar-refractivity contribution in [3.63, 3.8) is 0 Å². The van der Waals surface area contributed by atoms with Crippen LogP contribution in [0.15, 0.2) is 29.6 Å². The van der Waals surface area contributed by atoms with Crippen molar-refractivity contribution in [1.29, 1.82) is 0 Å². The Hall–Kier alpha value is -1.72. The van der Waals surface area contributed by atoms with Gasteiger partial charge in [0.15, 0.2) is 0 Å². The number of hydrogen-bond donors (Lipinski definition) is 2. The molecular formula is C17H21N3OS. The van der Waals surface area contributed by atoms with Gasteiger partial charge in [0, 0.05) is 28.7 Å². The molecule has 5 heteroatoms. The number of rotatable bonds is 4. The molecule has 0 radical (unpaired) electrons. The number of benzene rings is 1. The van der Waals surface area contributed by atoms with E-state index in [1.807, 2.05) is 36.6 Å². The topological polar surface area (TPSA) is 54.0 Å². The second kappa shape index (κ2) is 7.03. The van der Waals surface area contributed by atoms with Crippen molar-refractivity contribution in [3.05, 3.63) is 40.9 Å². The van der Waals surface area contributed by atoms with Crippen molar-refractivity contribution < 1.29 is 4.79 Å². The van der Waals surface area contributed by atoms with Crippen molar-refractivity contribution in [2.45, 2.75) is 19.8 Å². The van der Waals surface area contributed by atoms with Gasteiger partial charge in [-0.3, -0.25) is 4.79 Å². The Morgan fingerprint density at radius 2 is 2.41 bits per heavy atom. The summed E-state index contributed by atoms with van der Waals surface area (Å²) < 4.78 is 0. The minimum atomic E-state index is 0.000650. The number of carbonyl (C=O) groups excluding carboxylic acids is 1. The van der Waals surface area contributed by atoms with Crippen molar-refractivity contribution >= 4 is 17.2 Å². The van der Waals surface area contributed by atoms with Gasteiger partial charge in [0.1, 0.15) is 5.01 Å². The third-order valence-electron chi connectivity index (χ3n) is 3.94. The molecule has 116 valence electrons. The van der Waals surface area contributed by atoms with Gasteiger partial charge in [-0.05, 0) is 50.9 Å². The molecule has 1 aliphatic heterocycles. The lowest BCUT2D eigenvalue weighted by atomic mass is 9.99. The highest BCUT2D eigenvalue weighted by Crippen LogP contribution is 2.24. The molecule has 1 aromatic carbocycles. The zero-order valence-electron chi connectivity index (χ0n) is 12.8. The molecule has 0 bridgehead atoms. The van der Waals surface area contributed by atoms with Gasteiger partial charge in [-0.25, -0.2) is 4.98 Å². The first-order chi connectivity index (χ1) is 10.7. The monoisotopic (exact) mass is 315 g/mol. The number of aromatic nitrogens is 1. The Morgan fingerprint density at radius 3 is 3.14 bits per heavy atom. The first kappa shape index (κ1) is 15.2. The largest absolute Gasteiger partial charge is 0.352 e. The van der Waals surface area contributed by atoms with E-state index in [0.717, 1.165) is 35.9 Å². The van der Waals surface area contributed by atoms with E-state index in [1.54, 1.807) is 11.3 Å². The molecule has 1 unspecified atom stereocenters. The lowest BCUT2D eigenvalue weighted by molar-refractivity contribution is 0.0945. The Morgan fingerprint density at radius 1 is 1.50 bits per heavy atom. The average Bonchev–Trinajstić information content (AvgIpc) is 3.00. The van der Waals surface area contributed by atoms with Crippen LogP contribution in [0.4, 0.5) is 0 Å². The van der Waals surface area contributed by atoms with E-state index < -0.39 is 0 Å². The minimum absolute atomic E-state index is 0.000650. The summed E-state index contributed by atoms with van der Waals surface area (Å²) in [6.45, 7) is 4.82. The van der Waals surface area contributed by atoms with E-state index in [0.29, 0.717) is 11.5 Å². The summed E-state index contributed by atoms with van der Waals surface area (Å²) in [5, 5.41) is 9.42. The van der Waals surface area contributed by atoms with E-state index in [2.05, 4.69) is 15.6 Å². The summed E-state index contributed by atoms with van der Waals surface area (Å²) in [4.78, 5) is 16.8. The minimum Gasteiger partial charge on any atom is -0.352 e. The van der Waals surface area contributed by atoms with Crippen LogP contribution in [0.2, 0.25) is 0 Å². The molecule has 1 aliphatic rings. The fourth-order valence-corrected chi connectivity index (χ4v) is 3.51. The molecule has 1 aromatic heterocycles. The fraction of sp³-hybridized carbons (Fsp3) is 0.412. The van der Waals surface area contributed by atoms with Gasteiger partial charge in [-0.1, -0.05) is 12.1 Å². The summed E-state index contributed by atoms with van der Waals surface area (Å²) in [6.07, 6.45) is 2.38. The quantitative estimate of drug-likeness (QED) is 0.912. The van der Waals surface area contributed by atoms with Crippen LogP contribution in [-0.2, 0) is 0 Å². The van der Waals surface area contributed by atoms with Gasteiger partial charge < -0.3 is 10.6 Å². The summed E-state index contributed by atoms with van der Waals surface area (Å²) in [5.41, 5.74) is 2.72. The number of nitrogens with zero attached hydrogens (tertiary/aromatic N) is 1. The van der Waals surface area contributed by atoms with Crippen molar-refractivity contribution in [1.82, 2.24) is 15.6 Å². The molecule has 0 saturated carbocycles. The second-order valence-corrected chi connectivity index (χ2v) is 6.66. The maximum Gasteiger partial charge on any atom is 0.251 e. The predicted molar refractivity (Wildman–Crippen MR) is 90.2 cm³/mol. The maximum absolute atomic E-state index is 12.3. The van der Waals surface area contributed by atoms with Gasteiger partial charge in [-0.2, -0.15) is 0 Å². The molecule has 4 nitrogen and oxygen atoms in total. The SMILES string of the molecule is Cc1csc(-c2cccc(C(=O)NCC3CCCNC3)c2)n1. The highest BCUT2D eigenvalue weighted by atomic mass is 32.1. The first-order valence-electron chi connectivity index (χ1n) is 7.74. The summed E-state index contributed by atoms with van der Waals surface area (Å²) in [6, 6.07) is 7.70. The molecule has 22 heavy (non-hydrogen) atoms. The van der Waals surface area contributed by atoms with Crippen LogP contribution in [-0.4, -0.2) is 30.5 Å². The van der Waals surface area contributed by atoms with Crippen molar-refractivity contribution in [2.75, 3.05) is 19.6 Å². The number of aryl methyl sites for hydroxylation is 1. The number of piperidine rings is 1. The van der Waals surface area contributed by atoms with Crippen LogP contribution in [0.1, 0.15) is 28.9 Å². The van der Waals surface area contributed by atoms with Crippen molar-refractivity contribution in [2.24, 2.45) is 5.92 Å². The smallest absolute Gasteiger partial charge is 0.251 e. The average molecular weight is 315 g/mol. The molecule has 1 fully saturated rings. The van der Waals surface area contributed by atoms with Crippen LogP contribution < -0.4 is 10.6 Å². The molecule has 2 aromatic rings. The Kier molecular flexibility index (Phi) is 4.85. The molecule has 0 aliphatic carbocycles. The molecule has 1 atom stereocenters. The highest BCUT2D eigenvalue weighted by molar-refractivity contribution is 7.13. The van der Waals surface area contributed by atoms with E-state index >= 15 is 0 Å². The van der Waals surface area contributed by atoms with Crippen LogP contribution in [0.25, 0.3) is 10.6 Å². The Bertz CT molecular complexity index is 647. The predicted octanol–water partition coefficient (Wildman–Crippen LogP) is 2.85. The number of amides is 1. The lowest BCUT2D eigenvalue weighted by Gasteiger charge is -2.22. The zero-order valence-corrected chi connectivity index (χ0v) is 13.6. The van der Waals surface area contributed by atoms with E-state index in [9.17, 15) is 4.79 Å². The number of nitrogens with one attached hydrogen (secondary N) is 2.